The second-order valence-electron chi connectivity index (χ2n) is 9.52. The standard InChI is InChI=1S/C15H20.C13H12F2/c1-10(2)13-5-3-4-12-8-9-14(15(12)13)11-6-7-11;1-8(2)10-5-3-4-9-6-7-11(14)13(15)12(9)10/h3-5,10-11,14H,6-9H2,1-2H3;3-8H,1-2H3. The fourth-order valence-electron chi connectivity index (χ4n) is 5.05. The number of fused-ring (bicyclic) bond motifs is 2. The highest BCUT2D eigenvalue weighted by molar-refractivity contribution is 5.86. The molecule has 1 unspecified atom stereocenters. The Morgan fingerprint density at radius 3 is 2.10 bits per heavy atom. The highest BCUT2D eigenvalue weighted by Gasteiger charge is 2.37. The van der Waals surface area contributed by atoms with Crippen LogP contribution in [0.25, 0.3) is 10.8 Å². The number of halogens is 2. The maximum atomic E-state index is 13.6. The quantitative estimate of drug-likeness (QED) is 0.409. The van der Waals surface area contributed by atoms with E-state index in [-0.39, 0.29) is 5.92 Å². The second kappa shape index (κ2) is 8.49. The maximum Gasteiger partial charge on any atom is 0.166 e. The summed E-state index contributed by atoms with van der Waals surface area (Å²) < 4.78 is 26.8. The van der Waals surface area contributed by atoms with Crippen molar-refractivity contribution in [1.82, 2.24) is 0 Å². The molecular formula is C28H32F2. The van der Waals surface area contributed by atoms with Gasteiger partial charge in [-0.15, -0.1) is 0 Å². The van der Waals surface area contributed by atoms with Crippen LogP contribution in [0.3, 0.4) is 0 Å². The average molecular weight is 407 g/mol. The van der Waals surface area contributed by atoms with Crippen LogP contribution in [0.4, 0.5) is 8.78 Å². The number of rotatable bonds is 3. The van der Waals surface area contributed by atoms with Crippen LogP contribution in [0.15, 0.2) is 48.5 Å². The predicted octanol–water partition coefficient (Wildman–Crippen LogP) is 8.49. The van der Waals surface area contributed by atoms with E-state index in [9.17, 15) is 8.78 Å². The lowest BCUT2D eigenvalue weighted by molar-refractivity contribution is 0.516. The van der Waals surface area contributed by atoms with Gasteiger partial charge in [0.2, 0.25) is 0 Å². The Kier molecular flexibility index (Phi) is 5.95. The van der Waals surface area contributed by atoms with E-state index in [1.165, 1.54) is 31.7 Å². The molecule has 0 aliphatic heterocycles. The molecule has 0 bridgehead atoms. The largest absolute Gasteiger partial charge is 0.204 e. The molecule has 3 aromatic carbocycles. The monoisotopic (exact) mass is 406 g/mol. The summed E-state index contributed by atoms with van der Waals surface area (Å²) in [4.78, 5) is 0. The van der Waals surface area contributed by atoms with E-state index in [0.29, 0.717) is 11.3 Å². The van der Waals surface area contributed by atoms with E-state index in [1.807, 2.05) is 26.0 Å². The van der Waals surface area contributed by atoms with Gasteiger partial charge in [0.15, 0.2) is 11.6 Å². The normalized spacial score (nSPS) is 17.9. The minimum absolute atomic E-state index is 0.185. The first-order chi connectivity index (χ1) is 14.4. The van der Waals surface area contributed by atoms with Crippen molar-refractivity contribution in [2.24, 2.45) is 5.92 Å². The van der Waals surface area contributed by atoms with Crippen LogP contribution >= 0.6 is 0 Å². The Balaban J connectivity index is 0.000000145. The van der Waals surface area contributed by atoms with Gasteiger partial charge in [-0.2, -0.15) is 0 Å². The van der Waals surface area contributed by atoms with Gasteiger partial charge in [-0.05, 0) is 83.1 Å². The van der Waals surface area contributed by atoms with E-state index in [4.69, 9.17) is 0 Å². The molecule has 1 saturated carbocycles. The van der Waals surface area contributed by atoms with Gasteiger partial charge in [0.05, 0.1) is 0 Å². The minimum atomic E-state index is -0.782. The highest BCUT2D eigenvalue weighted by Crippen LogP contribution is 2.51. The van der Waals surface area contributed by atoms with E-state index < -0.39 is 11.6 Å². The molecule has 0 amide bonds. The van der Waals surface area contributed by atoms with E-state index in [2.05, 4.69) is 32.0 Å². The zero-order chi connectivity index (χ0) is 21.4. The Labute approximate surface area is 179 Å². The predicted molar refractivity (Wildman–Crippen MR) is 122 cm³/mol. The molecule has 0 heterocycles. The van der Waals surface area contributed by atoms with Crippen molar-refractivity contribution in [3.8, 4) is 0 Å². The molecule has 30 heavy (non-hydrogen) atoms. The van der Waals surface area contributed by atoms with Crippen LogP contribution in [0.5, 0.6) is 0 Å². The summed E-state index contributed by atoms with van der Waals surface area (Å²) in [7, 11) is 0. The fourth-order valence-corrected chi connectivity index (χ4v) is 5.05. The number of benzene rings is 3. The summed E-state index contributed by atoms with van der Waals surface area (Å²) in [5.41, 5.74) is 5.87. The first-order valence-corrected chi connectivity index (χ1v) is 11.4. The number of aryl methyl sites for hydroxylation is 1. The molecule has 2 aliphatic carbocycles. The highest BCUT2D eigenvalue weighted by atomic mass is 19.2. The summed E-state index contributed by atoms with van der Waals surface area (Å²) >= 11 is 0. The molecule has 1 atom stereocenters. The zero-order valence-corrected chi connectivity index (χ0v) is 18.5. The minimum Gasteiger partial charge on any atom is -0.204 e. The van der Waals surface area contributed by atoms with Crippen LogP contribution in [-0.2, 0) is 6.42 Å². The van der Waals surface area contributed by atoms with Crippen molar-refractivity contribution in [2.75, 3.05) is 0 Å². The molecule has 0 saturated heterocycles. The van der Waals surface area contributed by atoms with Gasteiger partial charge in [0, 0.05) is 5.39 Å². The number of hydrogen-bond donors (Lipinski definition) is 0. The van der Waals surface area contributed by atoms with E-state index in [1.54, 1.807) is 28.8 Å². The molecule has 0 radical (unpaired) electrons. The van der Waals surface area contributed by atoms with Crippen LogP contribution in [0, 0.1) is 17.6 Å². The lowest BCUT2D eigenvalue weighted by Gasteiger charge is -2.17. The summed E-state index contributed by atoms with van der Waals surface area (Å²) in [6, 6.07) is 15.2. The first-order valence-electron chi connectivity index (χ1n) is 11.4. The molecule has 158 valence electrons. The van der Waals surface area contributed by atoms with Gasteiger partial charge in [-0.25, -0.2) is 8.78 Å². The Hall–Kier alpha value is -2.22. The molecule has 0 spiro atoms. The zero-order valence-electron chi connectivity index (χ0n) is 18.5. The Morgan fingerprint density at radius 2 is 1.43 bits per heavy atom. The van der Waals surface area contributed by atoms with Gasteiger partial charge in [-0.1, -0.05) is 70.2 Å². The molecule has 2 aliphatic rings. The van der Waals surface area contributed by atoms with Gasteiger partial charge >= 0.3 is 0 Å². The van der Waals surface area contributed by atoms with Crippen molar-refractivity contribution >= 4 is 10.8 Å². The van der Waals surface area contributed by atoms with E-state index in [0.717, 1.165) is 22.8 Å². The van der Waals surface area contributed by atoms with Gasteiger partial charge in [-0.3, -0.25) is 0 Å². The van der Waals surface area contributed by atoms with Crippen LogP contribution in [-0.4, -0.2) is 0 Å². The van der Waals surface area contributed by atoms with Crippen molar-refractivity contribution in [1.29, 1.82) is 0 Å². The van der Waals surface area contributed by atoms with Crippen LogP contribution in [0.2, 0.25) is 0 Å². The van der Waals surface area contributed by atoms with E-state index >= 15 is 0 Å². The van der Waals surface area contributed by atoms with Crippen LogP contribution < -0.4 is 0 Å². The summed E-state index contributed by atoms with van der Waals surface area (Å²) in [5.74, 6) is 1.31. The molecule has 0 aromatic heterocycles. The van der Waals surface area contributed by atoms with Crippen molar-refractivity contribution in [3.05, 3.63) is 82.4 Å². The lowest BCUT2D eigenvalue weighted by atomic mass is 9.87. The lowest BCUT2D eigenvalue weighted by Crippen LogP contribution is -2.02. The molecule has 1 fully saturated rings. The Bertz CT molecular complexity index is 1040. The molecule has 2 heteroatoms. The van der Waals surface area contributed by atoms with Crippen molar-refractivity contribution in [3.63, 3.8) is 0 Å². The molecule has 0 N–H and O–H groups in total. The van der Waals surface area contributed by atoms with Crippen LogP contribution in [0.1, 0.15) is 87.0 Å². The average Bonchev–Trinajstić information content (AvgIpc) is 3.49. The van der Waals surface area contributed by atoms with Gasteiger partial charge < -0.3 is 0 Å². The summed E-state index contributed by atoms with van der Waals surface area (Å²) in [6.07, 6.45) is 5.72. The Morgan fingerprint density at radius 1 is 0.767 bits per heavy atom. The molecule has 0 nitrogen and oxygen atoms in total. The topological polar surface area (TPSA) is 0 Å². The van der Waals surface area contributed by atoms with Gasteiger partial charge in [0.1, 0.15) is 0 Å². The SMILES string of the molecule is CC(C)c1cccc2c1C(C1CC1)CC2.CC(C)c1cccc2ccc(F)c(F)c12. The third kappa shape index (κ3) is 4.02. The molecule has 3 aromatic rings. The maximum absolute atomic E-state index is 13.6. The van der Waals surface area contributed by atoms with Crippen molar-refractivity contribution < 1.29 is 8.78 Å². The van der Waals surface area contributed by atoms with Gasteiger partial charge in [0.25, 0.3) is 0 Å². The number of hydrogen-bond acceptors (Lipinski definition) is 0. The smallest absolute Gasteiger partial charge is 0.166 e. The second-order valence-corrected chi connectivity index (χ2v) is 9.52. The summed E-state index contributed by atoms with van der Waals surface area (Å²) in [5, 5.41) is 1.16. The third-order valence-electron chi connectivity index (χ3n) is 6.73. The van der Waals surface area contributed by atoms with Crippen molar-refractivity contribution in [2.45, 2.75) is 71.1 Å². The fraction of sp³-hybridized carbons (Fsp3) is 0.429. The summed E-state index contributed by atoms with van der Waals surface area (Å²) in [6.45, 7) is 8.61. The molecule has 5 rings (SSSR count). The third-order valence-corrected chi connectivity index (χ3v) is 6.73. The first kappa shape index (κ1) is 21.0. The molecular weight excluding hydrogens is 374 g/mol.